The van der Waals surface area contributed by atoms with E-state index in [9.17, 15) is 4.79 Å². The molecule has 3 rings (SSSR count). The third kappa shape index (κ3) is 3.13. The van der Waals surface area contributed by atoms with Crippen LogP contribution in [0.4, 0.5) is 0 Å². The van der Waals surface area contributed by atoms with Crippen LogP contribution in [0.25, 0.3) is 0 Å². The lowest BCUT2D eigenvalue weighted by Gasteiger charge is -2.06. The lowest BCUT2D eigenvalue weighted by Crippen LogP contribution is -2.24. The minimum absolute atomic E-state index is 0.00798. The Labute approximate surface area is 124 Å². The molecule has 110 valence electrons. The molecule has 0 bridgehead atoms. The molecule has 5 nitrogen and oxygen atoms in total. The van der Waals surface area contributed by atoms with Crippen molar-refractivity contribution < 1.29 is 4.79 Å². The van der Waals surface area contributed by atoms with Gasteiger partial charge in [-0.05, 0) is 48.6 Å². The van der Waals surface area contributed by atoms with E-state index in [4.69, 9.17) is 0 Å². The number of H-pyrrole nitrogens is 1. The summed E-state index contributed by atoms with van der Waals surface area (Å²) in [7, 11) is 0. The number of fused-ring (bicyclic) bond motifs is 1. The lowest BCUT2D eigenvalue weighted by molar-refractivity contribution is 0.0953. The highest BCUT2D eigenvalue weighted by molar-refractivity contribution is 5.94. The molecule has 0 spiro atoms. The Kier molecular flexibility index (Phi) is 4.01. The van der Waals surface area contributed by atoms with Crippen LogP contribution in [-0.2, 0) is 19.5 Å². The van der Waals surface area contributed by atoms with Crippen LogP contribution in [0, 0.1) is 6.92 Å². The number of aromatic amines is 1. The number of aryl methyl sites for hydroxylation is 2. The molecule has 0 unspecified atom stereocenters. The quantitative estimate of drug-likeness (QED) is 0.732. The van der Waals surface area contributed by atoms with Gasteiger partial charge < -0.3 is 10.6 Å². The fourth-order valence-corrected chi connectivity index (χ4v) is 2.65. The van der Waals surface area contributed by atoms with Crippen LogP contribution >= 0.6 is 0 Å². The largest absolute Gasteiger partial charge is 0.352 e. The van der Waals surface area contributed by atoms with E-state index in [1.165, 1.54) is 16.7 Å². The van der Waals surface area contributed by atoms with Crippen molar-refractivity contribution in [2.45, 2.75) is 32.9 Å². The highest BCUT2D eigenvalue weighted by Gasteiger charge is 2.13. The summed E-state index contributed by atoms with van der Waals surface area (Å²) in [5.41, 5.74) is 5.59. The zero-order valence-corrected chi connectivity index (χ0v) is 12.2. The van der Waals surface area contributed by atoms with Gasteiger partial charge in [-0.1, -0.05) is 6.07 Å². The molecule has 1 aliphatic heterocycles. The van der Waals surface area contributed by atoms with Gasteiger partial charge in [0.15, 0.2) is 0 Å². The number of nitrogens with one attached hydrogen (secondary N) is 3. The predicted octanol–water partition coefficient (Wildman–Crippen LogP) is 1.68. The standard InChI is InChI=1S/C16H20N4O/c1-11-13(10-19-20-11)3-2-6-18-16(21)12-4-5-14-8-17-9-15(14)7-12/h4-5,7,10,17H,2-3,6,8-9H2,1H3,(H,18,21)(H,19,20). The highest BCUT2D eigenvalue weighted by atomic mass is 16.1. The smallest absolute Gasteiger partial charge is 0.251 e. The lowest BCUT2D eigenvalue weighted by atomic mass is 10.1. The number of rotatable bonds is 5. The fraction of sp³-hybridized carbons (Fsp3) is 0.375. The summed E-state index contributed by atoms with van der Waals surface area (Å²) in [5.74, 6) is 0.00798. The maximum atomic E-state index is 12.1. The normalized spacial score (nSPS) is 13.2. The minimum atomic E-state index is 0.00798. The summed E-state index contributed by atoms with van der Waals surface area (Å²) in [6.07, 6.45) is 3.69. The van der Waals surface area contributed by atoms with Crippen LogP contribution in [0.1, 0.15) is 39.2 Å². The van der Waals surface area contributed by atoms with E-state index in [1.54, 1.807) is 0 Å². The molecule has 1 amide bonds. The summed E-state index contributed by atoms with van der Waals surface area (Å²) in [5, 5.41) is 13.2. The molecule has 1 aliphatic rings. The Morgan fingerprint density at radius 1 is 1.33 bits per heavy atom. The SMILES string of the molecule is Cc1[nH]ncc1CCCNC(=O)c1ccc2c(c1)CNC2. The summed E-state index contributed by atoms with van der Waals surface area (Å²) >= 11 is 0. The molecule has 0 aliphatic carbocycles. The van der Waals surface area contributed by atoms with Crippen LogP contribution in [0.15, 0.2) is 24.4 Å². The number of nitrogens with zero attached hydrogens (tertiary/aromatic N) is 1. The second-order valence-corrected chi connectivity index (χ2v) is 5.47. The van der Waals surface area contributed by atoms with Gasteiger partial charge in [0.25, 0.3) is 5.91 Å². The summed E-state index contributed by atoms with van der Waals surface area (Å²) in [6.45, 7) is 4.45. The third-order valence-corrected chi connectivity index (χ3v) is 3.94. The van der Waals surface area contributed by atoms with E-state index in [0.717, 1.165) is 37.2 Å². The molecular weight excluding hydrogens is 264 g/mol. The van der Waals surface area contributed by atoms with Crippen LogP contribution < -0.4 is 10.6 Å². The van der Waals surface area contributed by atoms with E-state index in [-0.39, 0.29) is 5.91 Å². The zero-order chi connectivity index (χ0) is 14.7. The number of hydrogen-bond donors (Lipinski definition) is 3. The van der Waals surface area contributed by atoms with Crippen LogP contribution in [0.2, 0.25) is 0 Å². The summed E-state index contributed by atoms with van der Waals surface area (Å²) in [4.78, 5) is 12.1. The van der Waals surface area contributed by atoms with E-state index in [2.05, 4.69) is 20.8 Å². The minimum Gasteiger partial charge on any atom is -0.352 e. The topological polar surface area (TPSA) is 69.8 Å². The number of amides is 1. The van der Waals surface area contributed by atoms with Crippen molar-refractivity contribution >= 4 is 5.91 Å². The molecule has 1 aromatic heterocycles. The molecule has 2 aromatic rings. The maximum absolute atomic E-state index is 12.1. The van der Waals surface area contributed by atoms with Gasteiger partial charge in [-0.2, -0.15) is 5.10 Å². The molecule has 2 heterocycles. The first-order valence-electron chi connectivity index (χ1n) is 7.33. The molecule has 5 heteroatoms. The van der Waals surface area contributed by atoms with Gasteiger partial charge in [0.2, 0.25) is 0 Å². The van der Waals surface area contributed by atoms with E-state index >= 15 is 0 Å². The zero-order valence-electron chi connectivity index (χ0n) is 12.2. The molecule has 0 fully saturated rings. The van der Waals surface area contributed by atoms with Crippen molar-refractivity contribution in [3.63, 3.8) is 0 Å². The second-order valence-electron chi connectivity index (χ2n) is 5.47. The highest BCUT2D eigenvalue weighted by Crippen LogP contribution is 2.17. The van der Waals surface area contributed by atoms with Crippen LogP contribution in [0.5, 0.6) is 0 Å². The Balaban J connectivity index is 1.49. The Hall–Kier alpha value is -2.14. The summed E-state index contributed by atoms with van der Waals surface area (Å²) < 4.78 is 0. The third-order valence-electron chi connectivity index (χ3n) is 3.94. The van der Waals surface area contributed by atoms with E-state index in [0.29, 0.717) is 6.54 Å². The number of hydrogen-bond acceptors (Lipinski definition) is 3. The molecular formula is C16H20N4O. The number of benzene rings is 1. The molecule has 0 radical (unpaired) electrons. The molecule has 1 aromatic carbocycles. The van der Waals surface area contributed by atoms with Gasteiger partial charge in [-0.15, -0.1) is 0 Å². The van der Waals surface area contributed by atoms with Crippen molar-refractivity contribution in [3.8, 4) is 0 Å². The molecule has 0 saturated heterocycles. The fourth-order valence-electron chi connectivity index (χ4n) is 2.65. The molecule has 21 heavy (non-hydrogen) atoms. The second kappa shape index (κ2) is 6.10. The van der Waals surface area contributed by atoms with Crippen molar-refractivity contribution in [1.29, 1.82) is 0 Å². The van der Waals surface area contributed by atoms with Crippen molar-refractivity contribution in [2.75, 3.05) is 6.54 Å². The van der Waals surface area contributed by atoms with Gasteiger partial charge >= 0.3 is 0 Å². The van der Waals surface area contributed by atoms with Gasteiger partial charge in [0, 0.05) is 30.9 Å². The van der Waals surface area contributed by atoms with Crippen molar-refractivity contribution in [1.82, 2.24) is 20.8 Å². The maximum Gasteiger partial charge on any atom is 0.251 e. The molecule has 3 N–H and O–H groups in total. The number of aromatic nitrogens is 2. The Bertz CT molecular complexity index is 647. The monoisotopic (exact) mass is 284 g/mol. The van der Waals surface area contributed by atoms with Gasteiger partial charge in [0.1, 0.15) is 0 Å². The Morgan fingerprint density at radius 2 is 2.19 bits per heavy atom. The number of carbonyl (C=O) groups is 1. The molecule has 0 saturated carbocycles. The number of carbonyl (C=O) groups excluding carboxylic acids is 1. The van der Waals surface area contributed by atoms with Gasteiger partial charge in [-0.25, -0.2) is 0 Å². The van der Waals surface area contributed by atoms with Gasteiger partial charge in [-0.3, -0.25) is 9.89 Å². The first-order valence-corrected chi connectivity index (χ1v) is 7.33. The predicted molar refractivity (Wildman–Crippen MR) is 81.0 cm³/mol. The Morgan fingerprint density at radius 3 is 3.00 bits per heavy atom. The molecule has 0 atom stereocenters. The van der Waals surface area contributed by atoms with Crippen LogP contribution in [-0.4, -0.2) is 22.6 Å². The first kappa shape index (κ1) is 13.8. The van der Waals surface area contributed by atoms with E-state index in [1.807, 2.05) is 31.3 Å². The van der Waals surface area contributed by atoms with Crippen molar-refractivity contribution in [2.24, 2.45) is 0 Å². The first-order chi connectivity index (χ1) is 10.2. The van der Waals surface area contributed by atoms with E-state index < -0.39 is 0 Å². The van der Waals surface area contributed by atoms with Gasteiger partial charge in [0.05, 0.1) is 6.20 Å². The average molecular weight is 284 g/mol. The van der Waals surface area contributed by atoms with Crippen molar-refractivity contribution in [3.05, 3.63) is 52.3 Å². The summed E-state index contributed by atoms with van der Waals surface area (Å²) in [6, 6.07) is 5.94. The average Bonchev–Trinajstić information content (AvgIpc) is 3.11. The van der Waals surface area contributed by atoms with Crippen LogP contribution in [0.3, 0.4) is 0 Å².